The summed E-state index contributed by atoms with van der Waals surface area (Å²) in [5.41, 5.74) is 1.98. The van der Waals surface area contributed by atoms with Gasteiger partial charge < -0.3 is 0 Å². The Morgan fingerprint density at radius 3 is 1.86 bits per heavy atom. The molecule has 0 atom stereocenters. The summed E-state index contributed by atoms with van der Waals surface area (Å²) in [5.74, 6) is 0. The molecule has 0 aliphatic rings. The summed E-state index contributed by atoms with van der Waals surface area (Å²) in [6, 6.07) is 7.61. The molecule has 1 aromatic carbocycles. The molecule has 0 N–H and O–H groups in total. The first-order valence-corrected chi connectivity index (χ1v) is 6.41. The van der Waals surface area contributed by atoms with Crippen LogP contribution in [-0.4, -0.2) is 14.7 Å². The molecule has 0 aliphatic heterocycles. The van der Waals surface area contributed by atoms with Crippen LogP contribution < -0.4 is 0 Å². The Morgan fingerprint density at radius 1 is 1.07 bits per heavy atom. The molecule has 14 heavy (non-hydrogen) atoms. The van der Waals surface area contributed by atoms with Crippen LogP contribution in [0.4, 0.5) is 0 Å². The van der Waals surface area contributed by atoms with Gasteiger partial charge in [0.05, 0.1) is 4.75 Å². The van der Waals surface area contributed by atoms with Crippen LogP contribution in [0.2, 0.25) is 0 Å². The largest absolute Gasteiger partial charge is 0.228 e. The molecule has 0 saturated carbocycles. The minimum absolute atomic E-state index is 0.805. The molecule has 2 nitrogen and oxygen atoms in total. The molecule has 1 rings (SSSR count). The molecule has 0 heterocycles. The lowest BCUT2D eigenvalue weighted by atomic mass is 10.0. The van der Waals surface area contributed by atoms with Crippen molar-refractivity contribution in [2.75, 3.05) is 6.26 Å². The van der Waals surface area contributed by atoms with E-state index in [-0.39, 0.29) is 0 Å². The van der Waals surface area contributed by atoms with E-state index in [4.69, 9.17) is 0 Å². The first-order chi connectivity index (χ1) is 6.25. The fourth-order valence-electron chi connectivity index (χ4n) is 1.17. The SMILES string of the molecule is Cc1ccc(C(C)(C)S(C)(=O)=O)cc1. The molecule has 0 radical (unpaired) electrons. The normalized spacial score (nSPS) is 12.9. The predicted molar refractivity (Wildman–Crippen MR) is 59.0 cm³/mol. The van der Waals surface area contributed by atoms with Crippen LogP contribution in [0.15, 0.2) is 24.3 Å². The number of aryl methyl sites for hydroxylation is 1. The Labute approximate surface area is 85.9 Å². The molecule has 0 unspecified atom stereocenters. The monoisotopic (exact) mass is 212 g/mol. The van der Waals surface area contributed by atoms with Crippen molar-refractivity contribution in [1.82, 2.24) is 0 Å². The zero-order chi connectivity index (χ0) is 11.0. The van der Waals surface area contributed by atoms with Gasteiger partial charge in [0.2, 0.25) is 0 Å². The molecule has 0 bridgehead atoms. The van der Waals surface area contributed by atoms with E-state index in [1.807, 2.05) is 31.2 Å². The van der Waals surface area contributed by atoms with E-state index in [9.17, 15) is 8.42 Å². The molecule has 78 valence electrons. The van der Waals surface area contributed by atoms with Gasteiger partial charge in [-0.05, 0) is 26.3 Å². The second kappa shape index (κ2) is 3.39. The highest BCUT2D eigenvalue weighted by Gasteiger charge is 2.31. The molecule has 0 spiro atoms. The van der Waals surface area contributed by atoms with Crippen molar-refractivity contribution in [3.63, 3.8) is 0 Å². The van der Waals surface area contributed by atoms with E-state index in [0.29, 0.717) is 0 Å². The third kappa shape index (κ3) is 1.98. The fourth-order valence-corrected chi connectivity index (χ4v) is 1.73. The smallest absolute Gasteiger partial charge is 0.156 e. The Bertz CT molecular complexity index is 413. The van der Waals surface area contributed by atoms with Crippen molar-refractivity contribution in [2.45, 2.75) is 25.5 Å². The van der Waals surface area contributed by atoms with Gasteiger partial charge >= 0.3 is 0 Å². The molecule has 3 heteroatoms. The lowest BCUT2D eigenvalue weighted by Gasteiger charge is -2.23. The van der Waals surface area contributed by atoms with E-state index in [0.717, 1.165) is 11.1 Å². The van der Waals surface area contributed by atoms with Crippen molar-refractivity contribution < 1.29 is 8.42 Å². The highest BCUT2D eigenvalue weighted by atomic mass is 32.2. The number of hydrogen-bond acceptors (Lipinski definition) is 2. The molecule has 1 aromatic rings. The van der Waals surface area contributed by atoms with Crippen LogP contribution in [0.3, 0.4) is 0 Å². The molecule has 0 fully saturated rings. The van der Waals surface area contributed by atoms with Crippen LogP contribution in [0, 0.1) is 6.92 Å². The number of sulfone groups is 1. The van der Waals surface area contributed by atoms with Crippen LogP contribution in [0.5, 0.6) is 0 Å². The zero-order valence-corrected chi connectivity index (χ0v) is 9.85. The van der Waals surface area contributed by atoms with Crippen molar-refractivity contribution in [1.29, 1.82) is 0 Å². The van der Waals surface area contributed by atoms with Gasteiger partial charge in [0.15, 0.2) is 9.84 Å². The van der Waals surface area contributed by atoms with E-state index >= 15 is 0 Å². The molecular formula is C11H16O2S. The maximum atomic E-state index is 11.5. The summed E-state index contributed by atoms with van der Waals surface area (Å²) < 4.78 is 22.3. The van der Waals surface area contributed by atoms with Gasteiger partial charge in [0, 0.05) is 6.26 Å². The van der Waals surface area contributed by atoms with Crippen molar-refractivity contribution in [3.8, 4) is 0 Å². The average molecular weight is 212 g/mol. The quantitative estimate of drug-likeness (QED) is 0.753. The van der Waals surface area contributed by atoms with Gasteiger partial charge in [0.25, 0.3) is 0 Å². The van der Waals surface area contributed by atoms with Gasteiger partial charge in [-0.2, -0.15) is 0 Å². The maximum Gasteiger partial charge on any atom is 0.156 e. The van der Waals surface area contributed by atoms with Gasteiger partial charge in [0.1, 0.15) is 0 Å². The van der Waals surface area contributed by atoms with E-state index in [1.54, 1.807) is 13.8 Å². The third-order valence-corrected chi connectivity index (χ3v) is 4.76. The van der Waals surface area contributed by atoms with Crippen LogP contribution in [0.25, 0.3) is 0 Å². The minimum Gasteiger partial charge on any atom is -0.228 e. The minimum atomic E-state index is -3.07. The number of rotatable bonds is 2. The Kier molecular flexibility index (Phi) is 2.72. The fraction of sp³-hybridized carbons (Fsp3) is 0.455. The maximum absolute atomic E-state index is 11.5. The van der Waals surface area contributed by atoms with Crippen molar-refractivity contribution in [3.05, 3.63) is 35.4 Å². The summed E-state index contributed by atoms with van der Waals surface area (Å²) in [7, 11) is -3.07. The second-order valence-corrected chi connectivity index (χ2v) is 6.71. The van der Waals surface area contributed by atoms with Crippen molar-refractivity contribution in [2.24, 2.45) is 0 Å². The van der Waals surface area contributed by atoms with Crippen molar-refractivity contribution >= 4 is 9.84 Å². The highest BCUT2D eigenvalue weighted by Crippen LogP contribution is 2.28. The average Bonchev–Trinajstić information content (AvgIpc) is 2.03. The summed E-state index contributed by atoms with van der Waals surface area (Å²) in [6.45, 7) is 5.44. The lowest BCUT2D eigenvalue weighted by molar-refractivity contribution is 0.561. The Hall–Kier alpha value is -0.830. The summed E-state index contributed by atoms with van der Waals surface area (Å²) in [5, 5.41) is 0. The first kappa shape index (κ1) is 11.2. The van der Waals surface area contributed by atoms with Gasteiger partial charge in [-0.3, -0.25) is 0 Å². The van der Waals surface area contributed by atoms with Gasteiger partial charge in [-0.1, -0.05) is 29.8 Å². The molecule has 0 saturated heterocycles. The number of benzene rings is 1. The molecule has 0 aromatic heterocycles. The van der Waals surface area contributed by atoms with E-state index in [2.05, 4.69) is 0 Å². The molecular weight excluding hydrogens is 196 g/mol. The van der Waals surface area contributed by atoms with E-state index in [1.165, 1.54) is 6.26 Å². The number of hydrogen-bond donors (Lipinski definition) is 0. The summed E-state index contributed by atoms with van der Waals surface area (Å²) in [6.07, 6.45) is 1.27. The van der Waals surface area contributed by atoms with Crippen LogP contribution >= 0.6 is 0 Å². The van der Waals surface area contributed by atoms with Crippen LogP contribution in [0.1, 0.15) is 25.0 Å². The predicted octanol–water partition coefficient (Wildman–Crippen LogP) is 2.27. The second-order valence-electron chi connectivity index (χ2n) is 4.15. The van der Waals surface area contributed by atoms with Gasteiger partial charge in [-0.15, -0.1) is 0 Å². The van der Waals surface area contributed by atoms with Crippen LogP contribution in [-0.2, 0) is 14.6 Å². The standard InChI is InChI=1S/C11H16O2S/c1-9-5-7-10(8-6-9)11(2,3)14(4,12)13/h5-8H,1-4H3. The Morgan fingerprint density at radius 2 is 1.50 bits per heavy atom. The Balaban J connectivity index is 3.24. The summed E-state index contributed by atoms with van der Waals surface area (Å²) in [4.78, 5) is 0. The third-order valence-electron chi connectivity index (χ3n) is 2.67. The first-order valence-electron chi connectivity index (χ1n) is 4.52. The molecule has 0 amide bonds. The highest BCUT2D eigenvalue weighted by molar-refractivity contribution is 7.91. The van der Waals surface area contributed by atoms with E-state index < -0.39 is 14.6 Å². The zero-order valence-electron chi connectivity index (χ0n) is 9.03. The van der Waals surface area contributed by atoms with Gasteiger partial charge in [-0.25, -0.2) is 8.42 Å². The summed E-state index contributed by atoms with van der Waals surface area (Å²) >= 11 is 0. The lowest BCUT2D eigenvalue weighted by Crippen LogP contribution is -2.27. The molecule has 0 aliphatic carbocycles. The topological polar surface area (TPSA) is 34.1 Å².